The quantitative estimate of drug-likeness (QED) is 0.856. The van der Waals surface area contributed by atoms with E-state index >= 15 is 0 Å². The molecule has 4 nitrogen and oxygen atoms in total. The van der Waals surface area contributed by atoms with E-state index in [2.05, 4.69) is 0 Å². The Bertz CT molecular complexity index is 795. The highest BCUT2D eigenvalue weighted by Gasteiger charge is 2.31. The van der Waals surface area contributed by atoms with Crippen LogP contribution >= 0.6 is 0 Å². The molecule has 0 unspecified atom stereocenters. The van der Waals surface area contributed by atoms with Gasteiger partial charge in [0.15, 0.2) is 5.78 Å². The number of sulfonamides is 1. The summed E-state index contributed by atoms with van der Waals surface area (Å²) in [6.45, 7) is 2.03. The van der Waals surface area contributed by atoms with Crippen LogP contribution in [-0.2, 0) is 16.6 Å². The average molecular weight is 301 g/mol. The topological polar surface area (TPSA) is 54.5 Å². The average Bonchev–Trinajstić information content (AvgIpc) is 2.47. The number of Topliss-reactive ketones (excluding diaryl/α,β-unsaturated/α-hetero) is 1. The molecule has 0 fully saturated rings. The maximum absolute atomic E-state index is 12.6. The number of benzene rings is 2. The number of fused-ring (bicyclic) bond motifs is 1. The third-order valence-corrected chi connectivity index (χ3v) is 5.45. The van der Waals surface area contributed by atoms with Crippen LogP contribution in [0, 0.1) is 6.92 Å². The first kappa shape index (κ1) is 14.0. The number of carbonyl (C=O) groups is 1. The summed E-state index contributed by atoms with van der Waals surface area (Å²) >= 11 is 0. The predicted octanol–water partition coefficient (Wildman–Crippen LogP) is 2.38. The fourth-order valence-corrected chi connectivity index (χ4v) is 3.83. The van der Waals surface area contributed by atoms with Gasteiger partial charge in [-0.15, -0.1) is 0 Å². The molecule has 1 aliphatic rings. The highest BCUT2D eigenvalue weighted by Crippen LogP contribution is 2.24. The highest BCUT2D eigenvalue weighted by molar-refractivity contribution is 7.89. The van der Waals surface area contributed by atoms with Gasteiger partial charge in [0.25, 0.3) is 0 Å². The lowest BCUT2D eigenvalue weighted by atomic mass is 10.0. The molecule has 0 saturated carbocycles. The molecule has 3 rings (SSSR count). The molecule has 2 aromatic rings. The number of hydrogen-bond acceptors (Lipinski definition) is 3. The molecule has 2 aromatic carbocycles. The molecule has 0 radical (unpaired) electrons. The van der Waals surface area contributed by atoms with Gasteiger partial charge in [-0.25, -0.2) is 8.42 Å². The van der Waals surface area contributed by atoms with Gasteiger partial charge in [-0.1, -0.05) is 42.0 Å². The van der Waals surface area contributed by atoms with Gasteiger partial charge >= 0.3 is 0 Å². The molecule has 0 saturated heterocycles. The summed E-state index contributed by atoms with van der Waals surface area (Å²) in [6, 6.07) is 13.8. The normalized spacial score (nSPS) is 15.8. The van der Waals surface area contributed by atoms with Crippen LogP contribution in [0.5, 0.6) is 0 Å². The van der Waals surface area contributed by atoms with E-state index in [1.54, 1.807) is 42.5 Å². The minimum absolute atomic E-state index is 0.104. The molecule has 0 amide bonds. The van der Waals surface area contributed by atoms with Crippen molar-refractivity contribution in [2.75, 3.05) is 6.54 Å². The minimum Gasteiger partial charge on any atom is -0.293 e. The third-order valence-electron chi connectivity index (χ3n) is 3.64. The largest absolute Gasteiger partial charge is 0.293 e. The Kier molecular flexibility index (Phi) is 3.39. The zero-order chi connectivity index (χ0) is 15.0. The van der Waals surface area contributed by atoms with Crippen LogP contribution in [-0.4, -0.2) is 25.1 Å². The van der Waals surface area contributed by atoms with Crippen LogP contribution in [0.25, 0.3) is 0 Å². The van der Waals surface area contributed by atoms with Gasteiger partial charge in [-0.05, 0) is 24.6 Å². The van der Waals surface area contributed by atoms with Gasteiger partial charge < -0.3 is 0 Å². The van der Waals surface area contributed by atoms with Crippen molar-refractivity contribution < 1.29 is 13.2 Å². The van der Waals surface area contributed by atoms with Crippen LogP contribution in [0.2, 0.25) is 0 Å². The van der Waals surface area contributed by atoms with Gasteiger partial charge in [0, 0.05) is 12.1 Å². The van der Waals surface area contributed by atoms with Gasteiger partial charge in [-0.3, -0.25) is 4.79 Å². The van der Waals surface area contributed by atoms with Crippen LogP contribution in [0.3, 0.4) is 0 Å². The molecule has 0 spiro atoms. The number of ketones is 1. The molecular formula is C16H15NO3S. The molecule has 1 heterocycles. The number of nitrogens with zero attached hydrogens (tertiary/aromatic N) is 1. The Balaban J connectivity index is 1.98. The molecule has 108 valence electrons. The van der Waals surface area contributed by atoms with Gasteiger partial charge in [-0.2, -0.15) is 4.31 Å². The Morgan fingerprint density at radius 3 is 2.33 bits per heavy atom. The van der Waals surface area contributed by atoms with E-state index in [4.69, 9.17) is 0 Å². The third kappa shape index (κ3) is 2.50. The second-order valence-electron chi connectivity index (χ2n) is 5.17. The maximum atomic E-state index is 12.6. The van der Waals surface area contributed by atoms with Gasteiger partial charge in [0.05, 0.1) is 11.4 Å². The van der Waals surface area contributed by atoms with Crippen molar-refractivity contribution in [1.29, 1.82) is 0 Å². The van der Waals surface area contributed by atoms with Crippen molar-refractivity contribution >= 4 is 15.8 Å². The molecule has 0 aliphatic carbocycles. The summed E-state index contributed by atoms with van der Waals surface area (Å²) in [7, 11) is -3.64. The van der Waals surface area contributed by atoms with E-state index in [1.165, 1.54) is 4.31 Å². The zero-order valence-electron chi connectivity index (χ0n) is 11.6. The smallest absolute Gasteiger partial charge is 0.243 e. The van der Waals surface area contributed by atoms with E-state index in [-0.39, 0.29) is 23.8 Å². The molecule has 21 heavy (non-hydrogen) atoms. The van der Waals surface area contributed by atoms with Gasteiger partial charge in [0.1, 0.15) is 0 Å². The van der Waals surface area contributed by atoms with E-state index < -0.39 is 10.0 Å². The molecule has 0 N–H and O–H groups in total. The Hall–Kier alpha value is -1.98. The van der Waals surface area contributed by atoms with Crippen molar-refractivity contribution in [1.82, 2.24) is 4.31 Å². The van der Waals surface area contributed by atoms with Crippen LogP contribution < -0.4 is 0 Å². The lowest BCUT2D eigenvalue weighted by Gasteiger charge is -2.27. The summed E-state index contributed by atoms with van der Waals surface area (Å²) in [6.07, 6.45) is 0. The molecule has 0 bridgehead atoms. The highest BCUT2D eigenvalue weighted by atomic mass is 32.2. The molecule has 0 aromatic heterocycles. The van der Waals surface area contributed by atoms with Crippen molar-refractivity contribution in [3.63, 3.8) is 0 Å². The van der Waals surface area contributed by atoms with Crippen LogP contribution in [0.4, 0.5) is 0 Å². The lowest BCUT2D eigenvalue weighted by molar-refractivity contribution is 0.0949. The van der Waals surface area contributed by atoms with Gasteiger partial charge in [0.2, 0.25) is 10.0 Å². The summed E-state index contributed by atoms with van der Waals surface area (Å²) in [5.41, 5.74) is 2.37. The number of carbonyl (C=O) groups excluding carboxylic acids is 1. The predicted molar refractivity (Wildman–Crippen MR) is 79.5 cm³/mol. The number of rotatable bonds is 2. The summed E-state index contributed by atoms with van der Waals surface area (Å²) < 4.78 is 26.5. The van der Waals surface area contributed by atoms with Crippen LogP contribution in [0.15, 0.2) is 53.4 Å². The zero-order valence-corrected chi connectivity index (χ0v) is 12.4. The summed E-state index contributed by atoms with van der Waals surface area (Å²) in [5.74, 6) is -0.160. The van der Waals surface area contributed by atoms with Crippen molar-refractivity contribution in [2.45, 2.75) is 18.4 Å². The first-order valence-electron chi connectivity index (χ1n) is 6.66. The number of hydrogen-bond donors (Lipinski definition) is 0. The summed E-state index contributed by atoms with van der Waals surface area (Å²) in [4.78, 5) is 12.3. The number of aryl methyl sites for hydroxylation is 1. The molecule has 0 atom stereocenters. The van der Waals surface area contributed by atoms with Crippen molar-refractivity contribution in [2.24, 2.45) is 0 Å². The lowest BCUT2D eigenvalue weighted by Crippen LogP contribution is -2.39. The minimum atomic E-state index is -3.64. The summed E-state index contributed by atoms with van der Waals surface area (Å²) in [5, 5.41) is 0. The second kappa shape index (κ2) is 5.09. The van der Waals surface area contributed by atoms with Crippen molar-refractivity contribution in [3.8, 4) is 0 Å². The van der Waals surface area contributed by atoms with Crippen molar-refractivity contribution in [3.05, 3.63) is 65.2 Å². The fraction of sp³-hybridized carbons (Fsp3) is 0.188. The Morgan fingerprint density at radius 1 is 0.952 bits per heavy atom. The first-order valence-corrected chi connectivity index (χ1v) is 8.10. The fourth-order valence-electron chi connectivity index (χ4n) is 2.45. The van der Waals surface area contributed by atoms with E-state index in [0.29, 0.717) is 5.56 Å². The SMILES string of the molecule is Cc1ccc(S(=O)(=O)N2CC(=O)c3ccccc3C2)cc1. The van der Waals surface area contributed by atoms with E-state index in [9.17, 15) is 13.2 Å². The molecular weight excluding hydrogens is 286 g/mol. The maximum Gasteiger partial charge on any atom is 0.243 e. The van der Waals surface area contributed by atoms with Crippen LogP contribution in [0.1, 0.15) is 21.5 Å². The Labute approximate surface area is 124 Å². The second-order valence-corrected chi connectivity index (χ2v) is 7.10. The van der Waals surface area contributed by atoms with E-state index in [0.717, 1.165) is 11.1 Å². The van der Waals surface area contributed by atoms with E-state index in [1.807, 2.05) is 13.0 Å². The Morgan fingerprint density at radius 2 is 1.62 bits per heavy atom. The molecule has 5 heteroatoms. The first-order chi connectivity index (χ1) is 9.98. The monoisotopic (exact) mass is 301 g/mol. The standard InChI is InChI=1S/C16H15NO3S/c1-12-6-8-14(9-7-12)21(19,20)17-10-13-4-2-3-5-15(13)16(18)11-17/h2-9H,10-11H2,1H3. The molecule has 1 aliphatic heterocycles.